The van der Waals surface area contributed by atoms with Crippen LogP contribution in [0.1, 0.15) is 28.9 Å². The molecule has 5 atom stereocenters. The maximum atomic E-state index is 13.8. The molecule has 0 aliphatic carbocycles. The monoisotopic (exact) mass is 806 g/mol. The summed E-state index contributed by atoms with van der Waals surface area (Å²) in [6.45, 7) is -0.651. The van der Waals surface area contributed by atoms with Crippen LogP contribution in [0.2, 0.25) is 0 Å². The quantitative estimate of drug-likeness (QED) is 0.0457. The van der Waals surface area contributed by atoms with Crippen molar-refractivity contribution in [2.24, 2.45) is 5.73 Å². The molecule has 0 aliphatic rings. The number of nitrogens with one attached hydrogen (secondary N) is 7. The van der Waals surface area contributed by atoms with Crippen molar-refractivity contribution in [3.05, 3.63) is 96.1 Å². The molecule has 2 heterocycles. The minimum atomic E-state index is -1.39. The number of benzene rings is 2. The second kappa shape index (κ2) is 21.6. The van der Waals surface area contributed by atoms with E-state index in [1.165, 1.54) is 73.2 Å². The molecule has 19 nitrogen and oxygen atoms in total. The number of phenols is 2. The van der Waals surface area contributed by atoms with E-state index in [0.29, 0.717) is 34.7 Å². The summed E-state index contributed by atoms with van der Waals surface area (Å²) in [5, 5.41) is 42.0. The van der Waals surface area contributed by atoms with E-state index in [4.69, 9.17) is 5.73 Å². The van der Waals surface area contributed by atoms with Gasteiger partial charge in [-0.3, -0.25) is 24.0 Å². The lowest BCUT2D eigenvalue weighted by Crippen LogP contribution is -2.58. The lowest BCUT2D eigenvalue weighted by Gasteiger charge is -2.24. The number of carboxylic acid groups (broad SMARTS) is 1. The molecule has 57 heavy (non-hydrogen) atoms. The fourth-order valence-electron chi connectivity index (χ4n) is 5.53. The molecular weight excluding hydrogens is 761 g/mol. The smallest absolute Gasteiger partial charge is 0.326 e. The summed E-state index contributed by atoms with van der Waals surface area (Å²) in [4.78, 5) is 92.8. The van der Waals surface area contributed by atoms with Gasteiger partial charge in [-0.25, -0.2) is 14.8 Å². The number of hydrogen-bond donors (Lipinski definition) is 11. The topological polar surface area (TPSA) is 307 Å². The van der Waals surface area contributed by atoms with Crippen LogP contribution in [0.25, 0.3) is 0 Å². The first kappa shape index (κ1) is 43.3. The number of imidazole rings is 2. The molecule has 0 fully saturated rings. The molecule has 304 valence electrons. The number of amides is 5. The first-order valence-corrected chi connectivity index (χ1v) is 19.2. The summed E-state index contributed by atoms with van der Waals surface area (Å²) >= 11 is 1.51. The summed E-state index contributed by atoms with van der Waals surface area (Å²) in [7, 11) is 0. The molecule has 0 aliphatic heterocycles. The second-order valence-electron chi connectivity index (χ2n) is 13.1. The Hall–Kier alpha value is -6.41. The second-order valence-corrected chi connectivity index (χ2v) is 14.0. The third-order valence-electron chi connectivity index (χ3n) is 8.64. The largest absolute Gasteiger partial charge is 0.508 e. The number of carboxylic acids is 1. The van der Waals surface area contributed by atoms with Gasteiger partial charge in [-0.05, 0) is 53.8 Å². The number of H-pyrrole nitrogens is 2. The molecule has 0 unspecified atom stereocenters. The van der Waals surface area contributed by atoms with Crippen molar-refractivity contribution in [3.8, 4) is 11.5 Å². The Labute approximate surface area is 331 Å². The maximum Gasteiger partial charge on any atom is 0.326 e. The van der Waals surface area contributed by atoms with E-state index in [-0.39, 0.29) is 37.2 Å². The van der Waals surface area contributed by atoms with Crippen molar-refractivity contribution in [2.75, 3.05) is 18.6 Å². The van der Waals surface area contributed by atoms with Crippen molar-refractivity contribution in [1.29, 1.82) is 0 Å². The number of aromatic nitrogens is 4. The number of carbonyl (C=O) groups is 6. The van der Waals surface area contributed by atoms with Gasteiger partial charge in [-0.2, -0.15) is 11.8 Å². The zero-order valence-electron chi connectivity index (χ0n) is 30.9. The van der Waals surface area contributed by atoms with Crippen molar-refractivity contribution >= 4 is 47.3 Å². The highest BCUT2D eigenvalue weighted by Crippen LogP contribution is 2.14. The van der Waals surface area contributed by atoms with Crippen LogP contribution in [0.15, 0.2) is 73.6 Å². The fraction of sp³-hybridized carbons (Fsp3) is 0.351. The van der Waals surface area contributed by atoms with Gasteiger partial charge in [0.05, 0.1) is 25.2 Å². The van der Waals surface area contributed by atoms with Crippen LogP contribution >= 0.6 is 11.8 Å². The van der Waals surface area contributed by atoms with Crippen LogP contribution in [0.3, 0.4) is 0 Å². The van der Waals surface area contributed by atoms with Gasteiger partial charge in [0.1, 0.15) is 35.7 Å². The molecule has 12 N–H and O–H groups in total. The lowest BCUT2D eigenvalue weighted by atomic mass is 10.0. The Balaban J connectivity index is 1.47. The number of aromatic amines is 2. The molecule has 0 bridgehead atoms. The summed E-state index contributed by atoms with van der Waals surface area (Å²) in [6, 6.07) is 5.65. The van der Waals surface area contributed by atoms with Gasteiger partial charge in [-0.15, -0.1) is 0 Å². The number of rotatable bonds is 22. The number of nitrogens with zero attached hydrogens (tertiary/aromatic N) is 2. The Bertz CT molecular complexity index is 1930. The Morgan fingerprint density at radius 2 is 1.12 bits per heavy atom. The van der Waals surface area contributed by atoms with Gasteiger partial charge in [0, 0.05) is 49.5 Å². The molecule has 4 aromatic rings. The van der Waals surface area contributed by atoms with Crippen molar-refractivity contribution in [2.45, 2.75) is 62.3 Å². The number of phenolic OH excluding ortho intramolecular Hbond substituents is 2. The Morgan fingerprint density at radius 3 is 1.60 bits per heavy atom. The van der Waals surface area contributed by atoms with Gasteiger partial charge in [-0.1, -0.05) is 24.3 Å². The molecule has 2 aromatic carbocycles. The average molecular weight is 807 g/mol. The van der Waals surface area contributed by atoms with Gasteiger partial charge >= 0.3 is 5.97 Å². The predicted molar refractivity (Wildman–Crippen MR) is 208 cm³/mol. The van der Waals surface area contributed by atoms with Crippen LogP contribution in [-0.2, 0) is 54.5 Å². The maximum absolute atomic E-state index is 13.8. The molecule has 0 saturated carbocycles. The number of aromatic hydroxyl groups is 2. The molecule has 4 rings (SSSR count). The van der Waals surface area contributed by atoms with Crippen molar-refractivity contribution in [3.63, 3.8) is 0 Å². The minimum Gasteiger partial charge on any atom is -0.508 e. The average Bonchev–Trinajstić information content (AvgIpc) is 3.91. The van der Waals surface area contributed by atoms with Crippen molar-refractivity contribution in [1.82, 2.24) is 46.5 Å². The van der Waals surface area contributed by atoms with Gasteiger partial charge < -0.3 is 57.6 Å². The van der Waals surface area contributed by atoms with Crippen LogP contribution in [0.4, 0.5) is 0 Å². The standard InChI is InChI=1S/C37H46N10O9S/c1-57-11-10-27(38)33(51)45-30(15-24-17-40-20-43-24)36(54)46-28(12-21-2-6-25(48)7-3-21)34(52)41-18-32(50)44-29(14-23-16-39-19-42-23)35(53)47-31(37(55)56)13-22-4-8-26(49)9-5-22/h2-9,16-17,19-20,27-31,48-49H,10-15,18,38H2,1H3,(H,39,42)(H,40,43)(H,41,52)(H,44,50)(H,45,51)(H,46,54)(H,47,53)(H,55,56)/t27-,28-,29-,30-,31-/m0/s1. The normalized spacial score (nSPS) is 13.6. The van der Waals surface area contributed by atoms with Crippen molar-refractivity contribution < 1.29 is 44.1 Å². The summed E-state index contributed by atoms with van der Waals surface area (Å²) in [5.41, 5.74) is 8.09. The van der Waals surface area contributed by atoms with E-state index in [1.54, 1.807) is 12.1 Å². The van der Waals surface area contributed by atoms with Crippen LogP contribution < -0.4 is 32.3 Å². The van der Waals surface area contributed by atoms with E-state index in [1.807, 2.05) is 6.26 Å². The van der Waals surface area contributed by atoms with Crippen LogP contribution in [0.5, 0.6) is 11.5 Å². The number of thioether (sulfide) groups is 1. The van der Waals surface area contributed by atoms with E-state index >= 15 is 0 Å². The number of carbonyl (C=O) groups excluding carboxylic acids is 5. The van der Waals surface area contributed by atoms with E-state index in [9.17, 15) is 44.1 Å². The fourth-order valence-corrected chi connectivity index (χ4v) is 6.02. The molecule has 2 aromatic heterocycles. The number of aliphatic carboxylic acids is 1. The first-order valence-electron chi connectivity index (χ1n) is 17.8. The Morgan fingerprint density at radius 1 is 0.667 bits per heavy atom. The van der Waals surface area contributed by atoms with Gasteiger partial charge in [0.2, 0.25) is 29.5 Å². The van der Waals surface area contributed by atoms with Crippen LogP contribution in [-0.4, -0.2) is 120 Å². The first-order chi connectivity index (χ1) is 27.3. The SMILES string of the molecule is CSCC[C@H](N)C(=O)N[C@@H](Cc1cnc[nH]1)C(=O)N[C@@H](Cc1ccc(O)cc1)C(=O)NCC(=O)N[C@@H](Cc1cnc[nH]1)C(=O)N[C@@H](Cc1ccc(O)cc1)C(=O)O. The summed E-state index contributed by atoms with van der Waals surface area (Å²) in [5.74, 6) is -4.47. The lowest BCUT2D eigenvalue weighted by molar-refractivity contribution is -0.142. The highest BCUT2D eigenvalue weighted by molar-refractivity contribution is 7.98. The summed E-state index contributed by atoms with van der Waals surface area (Å²) in [6.07, 6.45) is 7.60. The Kier molecular flexibility index (Phi) is 16.4. The highest BCUT2D eigenvalue weighted by Gasteiger charge is 2.31. The predicted octanol–water partition coefficient (Wildman–Crippen LogP) is -0.965. The third-order valence-corrected chi connectivity index (χ3v) is 9.28. The molecule has 0 radical (unpaired) electrons. The number of nitrogens with two attached hydrogens (primary N) is 1. The van der Waals surface area contributed by atoms with E-state index in [0.717, 1.165) is 0 Å². The van der Waals surface area contributed by atoms with Crippen LogP contribution in [0, 0.1) is 0 Å². The molecule has 0 spiro atoms. The minimum absolute atomic E-state index is 0.0137. The van der Waals surface area contributed by atoms with Gasteiger partial charge in [0.25, 0.3) is 0 Å². The van der Waals surface area contributed by atoms with E-state index in [2.05, 4.69) is 46.5 Å². The summed E-state index contributed by atoms with van der Waals surface area (Å²) < 4.78 is 0. The van der Waals surface area contributed by atoms with Gasteiger partial charge in [0.15, 0.2) is 0 Å². The zero-order chi connectivity index (χ0) is 41.3. The highest BCUT2D eigenvalue weighted by atomic mass is 32.2. The molecule has 0 saturated heterocycles. The zero-order valence-corrected chi connectivity index (χ0v) is 31.8. The van der Waals surface area contributed by atoms with E-state index < -0.39 is 72.3 Å². The molecule has 5 amide bonds. The molecule has 20 heteroatoms. The molecular formula is C37H46N10O9S. The third kappa shape index (κ3) is 14.3. The number of hydrogen-bond acceptors (Lipinski definition) is 12.